The predicted octanol–water partition coefficient (Wildman–Crippen LogP) is 2.25. The first-order valence-corrected chi connectivity index (χ1v) is 7.04. The van der Waals surface area contributed by atoms with Crippen LogP contribution >= 0.6 is 0 Å². The Balaban J connectivity index is 2.48. The van der Waals surface area contributed by atoms with Gasteiger partial charge in [-0.2, -0.15) is 4.98 Å². The molecule has 6 nitrogen and oxygen atoms in total. The van der Waals surface area contributed by atoms with Gasteiger partial charge in [0.1, 0.15) is 0 Å². The zero-order valence-electron chi connectivity index (χ0n) is 13.3. The van der Waals surface area contributed by atoms with Crippen molar-refractivity contribution in [2.45, 2.75) is 13.3 Å². The molecule has 0 N–H and O–H groups in total. The predicted molar refractivity (Wildman–Crippen MR) is 83.8 cm³/mol. The minimum absolute atomic E-state index is 0.175. The van der Waals surface area contributed by atoms with E-state index in [0.717, 1.165) is 12.0 Å². The molecular formula is C16H20N2O4. The second-order valence-corrected chi connectivity index (χ2v) is 4.74. The zero-order valence-corrected chi connectivity index (χ0v) is 13.3. The van der Waals surface area contributed by atoms with Gasteiger partial charge in [-0.3, -0.25) is 9.36 Å². The molecular weight excluding hydrogens is 284 g/mol. The van der Waals surface area contributed by atoms with Gasteiger partial charge in [-0.25, -0.2) is 0 Å². The molecule has 22 heavy (non-hydrogen) atoms. The largest absolute Gasteiger partial charge is 0.493 e. The molecule has 0 aliphatic carbocycles. The van der Waals surface area contributed by atoms with Gasteiger partial charge >= 0.3 is 0 Å². The first-order valence-electron chi connectivity index (χ1n) is 7.04. The van der Waals surface area contributed by atoms with Crippen LogP contribution in [0.15, 0.2) is 29.1 Å². The maximum Gasteiger partial charge on any atom is 0.299 e. The highest BCUT2D eigenvalue weighted by Crippen LogP contribution is 2.31. The lowest BCUT2D eigenvalue weighted by Gasteiger charge is -2.12. The SMILES string of the molecule is CCCOc1nc(-c2ccc(OC)c(OC)c2)cc(=O)n1C. The number of hydrogen-bond donors (Lipinski definition) is 0. The average molecular weight is 304 g/mol. The van der Waals surface area contributed by atoms with Crippen LogP contribution in [0.3, 0.4) is 0 Å². The van der Waals surface area contributed by atoms with Crippen LogP contribution in [0.4, 0.5) is 0 Å². The van der Waals surface area contributed by atoms with Crippen molar-refractivity contribution in [1.29, 1.82) is 0 Å². The molecule has 0 radical (unpaired) electrons. The topological polar surface area (TPSA) is 62.6 Å². The normalized spacial score (nSPS) is 10.4. The first-order chi connectivity index (χ1) is 10.6. The number of nitrogens with zero attached hydrogens (tertiary/aromatic N) is 2. The lowest BCUT2D eigenvalue weighted by Crippen LogP contribution is -2.20. The molecule has 1 heterocycles. The Kier molecular flexibility index (Phi) is 5.04. The first kappa shape index (κ1) is 15.9. The summed E-state index contributed by atoms with van der Waals surface area (Å²) in [5, 5.41) is 0. The molecule has 0 bridgehead atoms. The maximum absolute atomic E-state index is 12.1. The molecule has 0 saturated carbocycles. The summed E-state index contributed by atoms with van der Waals surface area (Å²) in [7, 11) is 4.78. The molecule has 0 fully saturated rings. The Morgan fingerprint density at radius 1 is 1.14 bits per heavy atom. The van der Waals surface area contributed by atoms with E-state index in [1.807, 2.05) is 13.0 Å². The molecule has 0 unspecified atom stereocenters. The third-order valence-electron chi connectivity index (χ3n) is 3.21. The summed E-state index contributed by atoms with van der Waals surface area (Å²) in [5.74, 6) is 1.20. The van der Waals surface area contributed by atoms with Crippen molar-refractivity contribution in [2.75, 3.05) is 20.8 Å². The molecule has 0 aliphatic heterocycles. The summed E-state index contributed by atoms with van der Waals surface area (Å²) in [4.78, 5) is 16.5. The summed E-state index contributed by atoms with van der Waals surface area (Å²) in [5.41, 5.74) is 1.12. The maximum atomic E-state index is 12.1. The minimum Gasteiger partial charge on any atom is -0.493 e. The van der Waals surface area contributed by atoms with Crippen LogP contribution in [0.2, 0.25) is 0 Å². The lowest BCUT2D eigenvalue weighted by molar-refractivity contribution is 0.277. The highest BCUT2D eigenvalue weighted by Gasteiger charge is 2.11. The van der Waals surface area contributed by atoms with Crippen molar-refractivity contribution >= 4 is 0 Å². The quantitative estimate of drug-likeness (QED) is 0.819. The number of ether oxygens (including phenoxy) is 3. The van der Waals surface area contributed by atoms with Crippen LogP contribution < -0.4 is 19.8 Å². The van der Waals surface area contributed by atoms with Gasteiger partial charge in [-0.1, -0.05) is 6.92 Å². The van der Waals surface area contributed by atoms with Crippen LogP contribution in [-0.2, 0) is 7.05 Å². The van der Waals surface area contributed by atoms with Crippen molar-refractivity contribution in [3.63, 3.8) is 0 Å². The third-order valence-corrected chi connectivity index (χ3v) is 3.21. The molecule has 1 aromatic carbocycles. The second kappa shape index (κ2) is 6.98. The van der Waals surface area contributed by atoms with E-state index in [1.165, 1.54) is 10.6 Å². The van der Waals surface area contributed by atoms with Gasteiger partial charge < -0.3 is 14.2 Å². The zero-order chi connectivity index (χ0) is 16.1. The Hall–Kier alpha value is -2.50. The summed E-state index contributed by atoms with van der Waals surface area (Å²) in [6.07, 6.45) is 0.844. The van der Waals surface area contributed by atoms with Gasteiger partial charge in [0.2, 0.25) is 0 Å². The molecule has 2 rings (SSSR count). The molecule has 118 valence electrons. The van der Waals surface area contributed by atoms with Crippen molar-refractivity contribution in [1.82, 2.24) is 9.55 Å². The van der Waals surface area contributed by atoms with E-state index in [0.29, 0.717) is 29.8 Å². The van der Waals surface area contributed by atoms with Crippen molar-refractivity contribution in [2.24, 2.45) is 7.05 Å². The van der Waals surface area contributed by atoms with E-state index in [-0.39, 0.29) is 5.56 Å². The third kappa shape index (κ3) is 3.21. The smallest absolute Gasteiger partial charge is 0.299 e. The van der Waals surface area contributed by atoms with Crippen LogP contribution in [0.1, 0.15) is 13.3 Å². The summed E-state index contributed by atoms with van der Waals surface area (Å²) < 4.78 is 17.4. The van der Waals surface area contributed by atoms with Crippen molar-refractivity contribution in [3.8, 4) is 28.8 Å². The standard InChI is InChI=1S/C16H20N2O4/c1-5-8-22-16-17-12(10-15(19)18(16)2)11-6-7-13(20-3)14(9-11)21-4/h6-7,9-10H,5,8H2,1-4H3. The Bertz CT molecular complexity index is 710. The number of rotatable bonds is 6. The summed E-state index contributed by atoms with van der Waals surface area (Å²) in [6.45, 7) is 2.51. The van der Waals surface area contributed by atoms with Crippen LogP contribution in [0, 0.1) is 0 Å². The highest BCUT2D eigenvalue weighted by atomic mass is 16.5. The molecule has 0 saturated heterocycles. The number of methoxy groups -OCH3 is 2. The molecule has 0 aliphatic rings. The fourth-order valence-electron chi connectivity index (χ4n) is 1.98. The van der Waals surface area contributed by atoms with E-state index in [9.17, 15) is 4.79 Å². The fourth-order valence-corrected chi connectivity index (χ4v) is 1.98. The van der Waals surface area contributed by atoms with Gasteiger partial charge in [0, 0.05) is 18.7 Å². The molecule has 2 aromatic rings. The molecule has 0 spiro atoms. The van der Waals surface area contributed by atoms with Crippen LogP contribution in [-0.4, -0.2) is 30.4 Å². The summed E-state index contributed by atoms with van der Waals surface area (Å²) in [6, 6.07) is 7.16. The Labute approximate surface area is 129 Å². The van der Waals surface area contributed by atoms with Crippen molar-refractivity contribution in [3.05, 3.63) is 34.6 Å². The number of benzene rings is 1. The van der Waals surface area contributed by atoms with Gasteiger partial charge in [0.25, 0.3) is 11.6 Å². The van der Waals surface area contributed by atoms with E-state index < -0.39 is 0 Å². The Morgan fingerprint density at radius 2 is 1.86 bits per heavy atom. The number of hydrogen-bond acceptors (Lipinski definition) is 5. The highest BCUT2D eigenvalue weighted by molar-refractivity contribution is 5.64. The molecule has 1 aromatic heterocycles. The van der Waals surface area contributed by atoms with E-state index in [1.54, 1.807) is 33.4 Å². The van der Waals surface area contributed by atoms with Crippen LogP contribution in [0.5, 0.6) is 17.5 Å². The van der Waals surface area contributed by atoms with E-state index in [2.05, 4.69) is 4.98 Å². The monoisotopic (exact) mass is 304 g/mol. The fraction of sp³-hybridized carbons (Fsp3) is 0.375. The van der Waals surface area contributed by atoms with E-state index in [4.69, 9.17) is 14.2 Å². The van der Waals surface area contributed by atoms with Gasteiger partial charge in [-0.15, -0.1) is 0 Å². The molecule has 6 heteroatoms. The van der Waals surface area contributed by atoms with Crippen LogP contribution in [0.25, 0.3) is 11.3 Å². The van der Waals surface area contributed by atoms with Gasteiger partial charge in [-0.05, 0) is 24.6 Å². The van der Waals surface area contributed by atoms with E-state index >= 15 is 0 Å². The van der Waals surface area contributed by atoms with Gasteiger partial charge in [0.15, 0.2) is 11.5 Å². The molecule has 0 atom stereocenters. The molecule has 0 amide bonds. The minimum atomic E-state index is -0.175. The van der Waals surface area contributed by atoms with Crippen molar-refractivity contribution < 1.29 is 14.2 Å². The lowest BCUT2D eigenvalue weighted by atomic mass is 10.1. The number of aromatic nitrogens is 2. The average Bonchev–Trinajstić information content (AvgIpc) is 2.55. The summed E-state index contributed by atoms with van der Waals surface area (Å²) >= 11 is 0. The second-order valence-electron chi connectivity index (χ2n) is 4.74. The van der Waals surface area contributed by atoms with Gasteiger partial charge in [0.05, 0.1) is 26.5 Å². The Morgan fingerprint density at radius 3 is 2.50 bits per heavy atom.